The Morgan fingerprint density at radius 3 is 0.747 bits per heavy atom. The van der Waals surface area contributed by atoms with Gasteiger partial charge in [-0.2, -0.15) is 0 Å². The van der Waals surface area contributed by atoms with Crippen LogP contribution in [-0.2, 0) is 65.4 Å². The lowest BCUT2D eigenvalue weighted by Crippen LogP contribution is -2.30. The summed E-state index contributed by atoms with van der Waals surface area (Å²) >= 11 is 0. The van der Waals surface area contributed by atoms with E-state index in [1.165, 1.54) is 186 Å². The molecular formula is C72H140O17P2. The van der Waals surface area contributed by atoms with Crippen LogP contribution in [0.15, 0.2) is 0 Å². The van der Waals surface area contributed by atoms with Gasteiger partial charge < -0.3 is 33.8 Å². The van der Waals surface area contributed by atoms with E-state index in [0.717, 1.165) is 109 Å². The minimum atomic E-state index is -4.95. The predicted octanol–water partition coefficient (Wildman–Crippen LogP) is 20.9. The van der Waals surface area contributed by atoms with E-state index < -0.39 is 97.5 Å². The van der Waals surface area contributed by atoms with Crippen molar-refractivity contribution in [2.75, 3.05) is 39.6 Å². The molecule has 0 radical (unpaired) electrons. The molecule has 0 saturated carbocycles. The predicted molar refractivity (Wildman–Crippen MR) is 368 cm³/mol. The fourth-order valence-electron chi connectivity index (χ4n) is 11.0. The van der Waals surface area contributed by atoms with Gasteiger partial charge in [-0.1, -0.05) is 324 Å². The molecule has 0 fully saturated rings. The van der Waals surface area contributed by atoms with E-state index in [1.54, 1.807) is 0 Å². The normalized spacial score (nSPS) is 14.0. The van der Waals surface area contributed by atoms with Crippen LogP contribution in [0.1, 0.15) is 375 Å². The SMILES string of the molecule is CCCCCCCCCCCCCCCCCCCCCCC(=O)O[C@H](COC(=O)CCCCCCCCCCCC(C)C)COP(=O)(O)OC[C@@H](O)COP(=O)(O)OC[C@@H](COC(=O)CCCCCCCCC)OC(=O)CCCCCCCCCCCCCC. The number of esters is 4. The van der Waals surface area contributed by atoms with Crippen LogP contribution in [0.4, 0.5) is 0 Å². The standard InChI is InChI=1S/C72H140O17P2/c1-6-9-12-15-18-20-22-24-25-26-27-28-29-30-31-33-37-43-48-53-58-72(77)89-68(62-83-70(75)56-51-46-41-38-34-35-40-44-49-54-65(4)5)64-87-91(80,81)85-60-66(73)59-84-90(78,79)86-63-67(61-82-69(74)55-50-45-39-17-14-11-8-3)88-71(76)57-52-47-42-36-32-23-21-19-16-13-10-7-2/h65-68,73H,6-64H2,1-5H3,(H,78,79)(H,80,81)/t66-,67+,68+/m0/s1. The zero-order valence-corrected chi connectivity index (χ0v) is 60.8. The van der Waals surface area contributed by atoms with Gasteiger partial charge in [0.2, 0.25) is 0 Å². The highest BCUT2D eigenvalue weighted by atomic mass is 31.2. The first kappa shape index (κ1) is 89.1. The van der Waals surface area contributed by atoms with E-state index in [1.807, 2.05) is 0 Å². The number of carbonyl (C=O) groups is 4. The summed E-state index contributed by atoms with van der Waals surface area (Å²) in [6, 6.07) is 0. The molecule has 0 rings (SSSR count). The lowest BCUT2D eigenvalue weighted by atomic mass is 10.0. The van der Waals surface area contributed by atoms with Crippen LogP contribution < -0.4 is 0 Å². The third kappa shape index (κ3) is 66.5. The summed E-state index contributed by atoms with van der Waals surface area (Å²) in [7, 11) is -9.90. The summed E-state index contributed by atoms with van der Waals surface area (Å²) in [6.07, 6.45) is 52.9. The Labute approximate surface area is 556 Å². The van der Waals surface area contributed by atoms with Gasteiger partial charge in [0.1, 0.15) is 19.3 Å². The van der Waals surface area contributed by atoms with E-state index in [-0.39, 0.29) is 25.7 Å². The number of rotatable bonds is 72. The maximum absolute atomic E-state index is 13.0. The van der Waals surface area contributed by atoms with Crippen LogP contribution in [0.25, 0.3) is 0 Å². The molecule has 0 aliphatic rings. The molecule has 0 heterocycles. The molecule has 19 heteroatoms. The molecule has 0 spiro atoms. The third-order valence-corrected chi connectivity index (χ3v) is 18.7. The number of phosphoric acid groups is 2. The van der Waals surface area contributed by atoms with E-state index in [2.05, 4.69) is 34.6 Å². The second-order valence-electron chi connectivity index (χ2n) is 26.5. The highest BCUT2D eigenvalue weighted by molar-refractivity contribution is 7.47. The zero-order valence-electron chi connectivity index (χ0n) is 59.0. The number of aliphatic hydroxyl groups is 1. The van der Waals surface area contributed by atoms with Crippen molar-refractivity contribution in [1.29, 1.82) is 0 Å². The Bertz CT molecular complexity index is 1750. The van der Waals surface area contributed by atoms with Crippen LogP contribution in [-0.4, -0.2) is 96.7 Å². The molecule has 0 aliphatic heterocycles. The third-order valence-electron chi connectivity index (χ3n) is 16.8. The number of unbranched alkanes of at least 4 members (excludes halogenated alkanes) is 44. The van der Waals surface area contributed by atoms with Crippen LogP contribution in [0.3, 0.4) is 0 Å². The van der Waals surface area contributed by atoms with Crippen molar-refractivity contribution >= 4 is 39.5 Å². The van der Waals surface area contributed by atoms with Gasteiger partial charge in [-0.05, 0) is 31.6 Å². The average Bonchev–Trinajstić information content (AvgIpc) is 3.09. The van der Waals surface area contributed by atoms with Crippen LogP contribution >= 0.6 is 15.6 Å². The van der Waals surface area contributed by atoms with E-state index in [0.29, 0.717) is 25.7 Å². The highest BCUT2D eigenvalue weighted by Crippen LogP contribution is 2.45. The number of hydrogen-bond acceptors (Lipinski definition) is 15. The summed E-state index contributed by atoms with van der Waals surface area (Å²) in [6.45, 7) is 7.20. The van der Waals surface area contributed by atoms with Crippen molar-refractivity contribution in [1.82, 2.24) is 0 Å². The van der Waals surface area contributed by atoms with Crippen molar-refractivity contribution in [2.45, 2.75) is 393 Å². The number of hydrogen-bond donors (Lipinski definition) is 3. The summed E-state index contributed by atoms with van der Waals surface area (Å²) in [5, 5.41) is 10.6. The smallest absolute Gasteiger partial charge is 0.462 e. The Hall–Kier alpha value is -1.94. The Morgan fingerprint density at radius 1 is 0.297 bits per heavy atom. The summed E-state index contributed by atoms with van der Waals surface area (Å²) in [4.78, 5) is 72.5. The summed E-state index contributed by atoms with van der Waals surface area (Å²) in [5.41, 5.74) is 0. The summed E-state index contributed by atoms with van der Waals surface area (Å²) in [5.74, 6) is -1.38. The molecule has 17 nitrogen and oxygen atoms in total. The number of carbonyl (C=O) groups excluding carboxylic acids is 4. The minimum Gasteiger partial charge on any atom is -0.462 e. The first-order valence-corrected chi connectivity index (χ1v) is 40.6. The lowest BCUT2D eigenvalue weighted by molar-refractivity contribution is -0.161. The van der Waals surface area contributed by atoms with Crippen LogP contribution in [0, 0.1) is 5.92 Å². The second kappa shape index (κ2) is 65.4. The Balaban J connectivity index is 5.16. The molecule has 0 bridgehead atoms. The van der Waals surface area contributed by atoms with Crippen molar-refractivity contribution < 1.29 is 80.2 Å². The largest absolute Gasteiger partial charge is 0.472 e. The Kier molecular flexibility index (Phi) is 64.0. The maximum Gasteiger partial charge on any atom is 0.472 e. The molecule has 91 heavy (non-hydrogen) atoms. The van der Waals surface area contributed by atoms with Gasteiger partial charge in [-0.3, -0.25) is 37.3 Å². The van der Waals surface area contributed by atoms with Gasteiger partial charge in [0.15, 0.2) is 12.2 Å². The van der Waals surface area contributed by atoms with Gasteiger partial charge in [0, 0.05) is 25.7 Å². The van der Waals surface area contributed by atoms with Gasteiger partial charge in [-0.15, -0.1) is 0 Å². The highest BCUT2D eigenvalue weighted by Gasteiger charge is 2.30. The van der Waals surface area contributed by atoms with Crippen LogP contribution in [0.5, 0.6) is 0 Å². The minimum absolute atomic E-state index is 0.107. The van der Waals surface area contributed by atoms with E-state index >= 15 is 0 Å². The van der Waals surface area contributed by atoms with Crippen molar-refractivity contribution in [3.05, 3.63) is 0 Å². The van der Waals surface area contributed by atoms with Gasteiger partial charge in [-0.25, -0.2) is 9.13 Å². The number of aliphatic hydroxyl groups excluding tert-OH is 1. The van der Waals surface area contributed by atoms with Crippen molar-refractivity contribution in [3.63, 3.8) is 0 Å². The fourth-order valence-corrected chi connectivity index (χ4v) is 12.6. The molecule has 5 atom stereocenters. The lowest BCUT2D eigenvalue weighted by Gasteiger charge is -2.21. The van der Waals surface area contributed by atoms with Gasteiger partial charge in [0.25, 0.3) is 0 Å². The van der Waals surface area contributed by atoms with Crippen molar-refractivity contribution in [2.24, 2.45) is 5.92 Å². The first-order valence-electron chi connectivity index (χ1n) is 37.6. The van der Waals surface area contributed by atoms with Crippen LogP contribution in [0.2, 0.25) is 0 Å². The monoisotopic (exact) mass is 1340 g/mol. The molecule has 0 aliphatic carbocycles. The van der Waals surface area contributed by atoms with E-state index in [4.69, 9.17) is 37.0 Å². The molecule has 0 aromatic rings. The fraction of sp³-hybridized carbons (Fsp3) is 0.944. The quantitative estimate of drug-likeness (QED) is 0.0222. The van der Waals surface area contributed by atoms with Gasteiger partial charge >= 0.3 is 39.5 Å². The van der Waals surface area contributed by atoms with E-state index in [9.17, 15) is 43.2 Å². The zero-order chi connectivity index (χ0) is 67.0. The molecule has 3 N–H and O–H groups in total. The molecular weight excluding hydrogens is 1200 g/mol. The maximum atomic E-state index is 13.0. The summed E-state index contributed by atoms with van der Waals surface area (Å²) < 4.78 is 68.2. The molecule has 0 aromatic heterocycles. The topological polar surface area (TPSA) is 237 Å². The van der Waals surface area contributed by atoms with Gasteiger partial charge in [0.05, 0.1) is 26.4 Å². The first-order chi connectivity index (χ1) is 44.0. The molecule has 0 saturated heterocycles. The molecule has 0 aromatic carbocycles. The number of ether oxygens (including phenoxy) is 4. The Morgan fingerprint density at radius 2 is 0.505 bits per heavy atom. The number of phosphoric ester groups is 2. The van der Waals surface area contributed by atoms with Crippen molar-refractivity contribution in [3.8, 4) is 0 Å². The molecule has 540 valence electrons. The average molecular weight is 1340 g/mol. The molecule has 2 unspecified atom stereocenters. The second-order valence-corrected chi connectivity index (χ2v) is 29.4. The molecule has 0 amide bonds.